The quantitative estimate of drug-likeness (QED) is 0.792. The Balaban J connectivity index is 3.13. The SMILES string of the molecule is CC(C)CC(C(=O)O)N(c1ccc(Cl)cc1)S(=O)O. The van der Waals surface area contributed by atoms with Crippen molar-refractivity contribution in [3.8, 4) is 0 Å². The van der Waals surface area contributed by atoms with Gasteiger partial charge >= 0.3 is 5.97 Å². The van der Waals surface area contributed by atoms with Crippen molar-refractivity contribution in [2.75, 3.05) is 4.31 Å². The number of nitrogens with zero attached hydrogens (tertiary/aromatic N) is 1. The first-order valence-corrected chi connectivity index (χ1v) is 7.15. The first-order valence-electron chi connectivity index (χ1n) is 5.71. The molecule has 5 nitrogen and oxygen atoms in total. The van der Waals surface area contributed by atoms with Crippen LogP contribution in [0.3, 0.4) is 0 Å². The monoisotopic (exact) mass is 305 g/mol. The molecule has 0 fully saturated rings. The Morgan fingerprint density at radius 3 is 2.26 bits per heavy atom. The van der Waals surface area contributed by atoms with Crippen molar-refractivity contribution >= 4 is 34.5 Å². The van der Waals surface area contributed by atoms with Gasteiger partial charge in [0.15, 0.2) is 0 Å². The molecular weight excluding hydrogens is 290 g/mol. The molecular formula is C12H16ClNO4S. The molecule has 1 aromatic rings. The van der Waals surface area contributed by atoms with Gasteiger partial charge in [-0.05, 0) is 36.6 Å². The van der Waals surface area contributed by atoms with E-state index in [1.165, 1.54) is 12.1 Å². The fourth-order valence-electron chi connectivity index (χ4n) is 1.71. The summed E-state index contributed by atoms with van der Waals surface area (Å²) in [7, 11) is 0. The van der Waals surface area contributed by atoms with E-state index in [4.69, 9.17) is 11.6 Å². The molecule has 0 bridgehead atoms. The Bertz CT molecular complexity index is 463. The summed E-state index contributed by atoms with van der Waals surface area (Å²) in [6.45, 7) is 3.71. The molecule has 0 radical (unpaired) electrons. The van der Waals surface area contributed by atoms with Gasteiger partial charge in [0.2, 0.25) is 0 Å². The van der Waals surface area contributed by atoms with Crippen LogP contribution < -0.4 is 4.31 Å². The van der Waals surface area contributed by atoms with Gasteiger partial charge in [0, 0.05) is 5.02 Å². The molecule has 7 heteroatoms. The predicted molar refractivity (Wildman–Crippen MR) is 75.6 cm³/mol. The first kappa shape index (κ1) is 15.9. The number of rotatable bonds is 6. The highest BCUT2D eigenvalue weighted by molar-refractivity contribution is 7.80. The fraction of sp³-hybridized carbons (Fsp3) is 0.417. The van der Waals surface area contributed by atoms with Crippen LogP contribution in [-0.2, 0) is 16.1 Å². The molecule has 1 rings (SSSR count). The van der Waals surface area contributed by atoms with E-state index < -0.39 is 23.3 Å². The van der Waals surface area contributed by atoms with Gasteiger partial charge in [-0.1, -0.05) is 25.4 Å². The molecule has 106 valence electrons. The second-order valence-corrected chi connectivity index (χ2v) is 5.81. The molecule has 0 aliphatic rings. The maximum atomic E-state index is 11.5. The Morgan fingerprint density at radius 1 is 1.37 bits per heavy atom. The van der Waals surface area contributed by atoms with Crippen LogP contribution in [0.15, 0.2) is 24.3 Å². The average molecular weight is 306 g/mol. The third-order valence-corrected chi connectivity index (χ3v) is 3.57. The molecule has 0 spiro atoms. The van der Waals surface area contributed by atoms with Crippen molar-refractivity contribution < 1.29 is 18.7 Å². The normalized spacial score (nSPS) is 14.2. The van der Waals surface area contributed by atoms with Gasteiger partial charge in [0.25, 0.3) is 11.3 Å². The van der Waals surface area contributed by atoms with Crippen molar-refractivity contribution in [3.05, 3.63) is 29.3 Å². The summed E-state index contributed by atoms with van der Waals surface area (Å²) in [6, 6.07) is 5.07. The highest BCUT2D eigenvalue weighted by atomic mass is 35.5. The maximum Gasteiger partial charge on any atom is 0.327 e. The number of hydrogen-bond donors (Lipinski definition) is 2. The summed E-state index contributed by atoms with van der Waals surface area (Å²) >= 11 is 3.33. The van der Waals surface area contributed by atoms with Crippen LogP contribution in [0.2, 0.25) is 5.02 Å². The Labute approximate surface area is 119 Å². The van der Waals surface area contributed by atoms with Crippen molar-refractivity contribution in [2.24, 2.45) is 5.92 Å². The van der Waals surface area contributed by atoms with Gasteiger partial charge in [-0.25, -0.2) is 9.00 Å². The molecule has 0 aromatic heterocycles. The van der Waals surface area contributed by atoms with Gasteiger partial charge in [-0.3, -0.25) is 8.86 Å². The Kier molecular flexibility index (Phi) is 5.78. The van der Waals surface area contributed by atoms with Crippen molar-refractivity contribution in [2.45, 2.75) is 26.3 Å². The minimum absolute atomic E-state index is 0.0828. The summed E-state index contributed by atoms with van der Waals surface area (Å²) in [5, 5.41) is 9.72. The number of benzene rings is 1. The number of aliphatic carboxylic acids is 1. The maximum absolute atomic E-state index is 11.5. The van der Waals surface area contributed by atoms with Gasteiger partial charge in [0.05, 0.1) is 5.69 Å². The first-order chi connectivity index (χ1) is 8.82. The Hall–Kier alpha value is -1.11. The van der Waals surface area contributed by atoms with Crippen LogP contribution in [0.5, 0.6) is 0 Å². The average Bonchev–Trinajstić information content (AvgIpc) is 2.29. The second-order valence-electron chi connectivity index (χ2n) is 4.52. The molecule has 1 aromatic carbocycles. The third kappa shape index (κ3) is 4.49. The summed E-state index contributed by atoms with van der Waals surface area (Å²) in [5.74, 6) is -1.05. The molecule has 2 N–H and O–H groups in total. The summed E-state index contributed by atoms with van der Waals surface area (Å²) in [4.78, 5) is 11.3. The van der Waals surface area contributed by atoms with E-state index in [1.54, 1.807) is 12.1 Å². The molecule has 0 heterocycles. The smallest absolute Gasteiger partial charge is 0.327 e. The van der Waals surface area contributed by atoms with Crippen LogP contribution >= 0.6 is 11.6 Å². The number of halogens is 1. The third-order valence-electron chi connectivity index (χ3n) is 2.51. The lowest BCUT2D eigenvalue weighted by Gasteiger charge is -2.27. The lowest BCUT2D eigenvalue weighted by atomic mass is 10.0. The van der Waals surface area contributed by atoms with Crippen LogP contribution in [0.4, 0.5) is 5.69 Å². The second kappa shape index (κ2) is 6.88. The van der Waals surface area contributed by atoms with Crippen molar-refractivity contribution in [1.29, 1.82) is 0 Å². The van der Waals surface area contributed by atoms with Crippen LogP contribution in [0.25, 0.3) is 0 Å². The minimum atomic E-state index is -2.42. The predicted octanol–water partition coefficient (Wildman–Crippen LogP) is 2.78. The van der Waals surface area contributed by atoms with E-state index in [1.807, 2.05) is 13.8 Å². The highest BCUT2D eigenvalue weighted by Gasteiger charge is 2.30. The lowest BCUT2D eigenvalue weighted by molar-refractivity contribution is -0.138. The number of carbonyl (C=O) groups is 1. The molecule has 0 aliphatic heterocycles. The molecule has 19 heavy (non-hydrogen) atoms. The minimum Gasteiger partial charge on any atom is -0.480 e. The topological polar surface area (TPSA) is 77.8 Å². The highest BCUT2D eigenvalue weighted by Crippen LogP contribution is 2.24. The van der Waals surface area contributed by atoms with E-state index in [2.05, 4.69) is 0 Å². The van der Waals surface area contributed by atoms with Crippen LogP contribution in [-0.4, -0.2) is 25.9 Å². The van der Waals surface area contributed by atoms with Crippen LogP contribution in [0, 0.1) is 5.92 Å². The number of hydrogen-bond acceptors (Lipinski definition) is 2. The molecule has 0 saturated carbocycles. The number of anilines is 1. The van der Waals surface area contributed by atoms with E-state index in [-0.39, 0.29) is 12.3 Å². The van der Waals surface area contributed by atoms with E-state index >= 15 is 0 Å². The van der Waals surface area contributed by atoms with E-state index in [0.29, 0.717) is 10.7 Å². The van der Waals surface area contributed by atoms with Crippen LogP contribution in [0.1, 0.15) is 20.3 Å². The number of carboxylic acids is 1. The summed E-state index contributed by atoms with van der Waals surface area (Å²) < 4.78 is 21.8. The lowest BCUT2D eigenvalue weighted by Crippen LogP contribution is -2.43. The van der Waals surface area contributed by atoms with E-state index in [0.717, 1.165) is 4.31 Å². The zero-order valence-corrected chi connectivity index (χ0v) is 12.2. The zero-order valence-electron chi connectivity index (χ0n) is 10.6. The zero-order chi connectivity index (χ0) is 14.6. The molecule has 2 atom stereocenters. The summed E-state index contributed by atoms with van der Waals surface area (Å²) in [5.41, 5.74) is 0.346. The summed E-state index contributed by atoms with van der Waals surface area (Å²) in [6.07, 6.45) is 0.268. The number of carboxylic acid groups (broad SMARTS) is 1. The Morgan fingerprint density at radius 2 is 1.89 bits per heavy atom. The fourth-order valence-corrected chi connectivity index (χ4v) is 2.53. The van der Waals surface area contributed by atoms with Gasteiger partial charge < -0.3 is 5.11 Å². The molecule has 2 unspecified atom stereocenters. The van der Waals surface area contributed by atoms with E-state index in [9.17, 15) is 18.7 Å². The van der Waals surface area contributed by atoms with Crippen molar-refractivity contribution in [1.82, 2.24) is 0 Å². The van der Waals surface area contributed by atoms with Gasteiger partial charge in [-0.2, -0.15) is 0 Å². The molecule has 0 amide bonds. The molecule has 0 aliphatic carbocycles. The van der Waals surface area contributed by atoms with Crippen molar-refractivity contribution in [3.63, 3.8) is 0 Å². The van der Waals surface area contributed by atoms with Gasteiger partial charge in [0.1, 0.15) is 6.04 Å². The standard InChI is InChI=1S/C12H16ClNO4S/c1-8(2)7-11(12(15)16)14(19(17)18)10-5-3-9(13)4-6-10/h3-6,8,11H,7H2,1-2H3,(H,15,16)(H,17,18). The molecule has 0 saturated heterocycles. The van der Waals surface area contributed by atoms with Gasteiger partial charge in [-0.15, -0.1) is 0 Å². The largest absolute Gasteiger partial charge is 0.480 e.